The monoisotopic (exact) mass is 272 g/mol. The van der Waals surface area contributed by atoms with Gasteiger partial charge in [-0.05, 0) is 24.7 Å². The average molecular weight is 273 g/mol. The Morgan fingerprint density at radius 2 is 2.13 bits per heavy atom. The van der Waals surface area contributed by atoms with Gasteiger partial charge in [0.2, 0.25) is 0 Å². The Labute approximate surface area is 99.1 Å². The van der Waals surface area contributed by atoms with Gasteiger partial charge in [-0.3, -0.25) is 0 Å². The van der Waals surface area contributed by atoms with Crippen LogP contribution in [0.5, 0.6) is 0 Å². The summed E-state index contributed by atoms with van der Waals surface area (Å²) in [6.07, 6.45) is 8.15. The van der Waals surface area contributed by atoms with Gasteiger partial charge in [0.25, 0.3) is 0 Å². The number of allylic oxidation sites excluding steroid dienone is 2. The zero-order valence-corrected chi connectivity index (χ0v) is 10.4. The third-order valence-corrected chi connectivity index (χ3v) is 4.93. The standard InChI is InChI=1S/C12H17BrO2/c13-8-9-2-1-3-11-10(9)4-5-12(11)14-6-7-15-12/h1-2,9-11H,3-8H2/t9-,10-,11+/m0/s1. The maximum absolute atomic E-state index is 5.89. The summed E-state index contributed by atoms with van der Waals surface area (Å²) >= 11 is 3.61. The highest BCUT2D eigenvalue weighted by molar-refractivity contribution is 9.09. The van der Waals surface area contributed by atoms with E-state index in [-0.39, 0.29) is 5.79 Å². The molecule has 1 spiro atoms. The maximum Gasteiger partial charge on any atom is 0.171 e. The van der Waals surface area contributed by atoms with E-state index < -0.39 is 0 Å². The van der Waals surface area contributed by atoms with Crippen molar-refractivity contribution in [3.05, 3.63) is 12.2 Å². The first-order valence-electron chi connectivity index (χ1n) is 5.86. The summed E-state index contributed by atoms with van der Waals surface area (Å²) < 4.78 is 11.8. The van der Waals surface area contributed by atoms with Gasteiger partial charge in [-0.2, -0.15) is 0 Å². The number of hydrogen-bond donors (Lipinski definition) is 0. The fourth-order valence-corrected chi connectivity index (χ4v) is 4.18. The quantitative estimate of drug-likeness (QED) is 0.540. The van der Waals surface area contributed by atoms with Crippen LogP contribution in [0.1, 0.15) is 19.3 Å². The van der Waals surface area contributed by atoms with Crippen LogP contribution in [-0.2, 0) is 9.47 Å². The molecule has 1 saturated carbocycles. The number of alkyl halides is 1. The van der Waals surface area contributed by atoms with Crippen molar-refractivity contribution in [1.82, 2.24) is 0 Å². The van der Waals surface area contributed by atoms with Gasteiger partial charge in [-0.1, -0.05) is 28.1 Å². The topological polar surface area (TPSA) is 18.5 Å². The van der Waals surface area contributed by atoms with E-state index in [1.54, 1.807) is 0 Å². The maximum atomic E-state index is 5.89. The smallest absolute Gasteiger partial charge is 0.171 e. The molecule has 3 heteroatoms. The van der Waals surface area contributed by atoms with Crippen LogP contribution < -0.4 is 0 Å². The first-order chi connectivity index (χ1) is 7.36. The molecule has 0 aromatic heterocycles. The van der Waals surface area contributed by atoms with E-state index in [2.05, 4.69) is 28.1 Å². The fourth-order valence-electron chi connectivity index (χ4n) is 3.48. The van der Waals surface area contributed by atoms with Crippen molar-refractivity contribution < 1.29 is 9.47 Å². The highest BCUT2D eigenvalue weighted by atomic mass is 79.9. The Hall–Kier alpha value is 0.140. The number of rotatable bonds is 1. The van der Waals surface area contributed by atoms with Crippen LogP contribution in [0.15, 0.2) is 12.2 Å². The lowest BCUT2D eigenvalue weighted by molar-refractivity contribution is -0.187. The number of hydrogen-bond acceptors (Lipinski definition) is 2. The molecular weight excluding hydrogens is 256 g/mol. The van der Waals surface area contributed by atoms with Gasteiger partial charge in [0.1, 0.15) is 0 Å². The fraction of sp³-hybridized carbons (Fsp3) is 0.833. The molecule has 84 valence electrons. The van der Waals surface area contributed by atoms with Gasteiger partial charge in [0, 0.05) is 17.7 Å². The number of halogens is 1. The zero-order chi connectivity index (χ0) is 10.3. The second-order valence-corrected chi connectivity index (χ2v) is 5.45. The van der Waals surface area contributed by atoms with Crippen molar-refractivity contribution in [2.24, 2.45) is 17.8 Å². The summed E-state index contributed by atoms with van der Waals surface area (Å²) in [6, 6.07) is 0. The molecule has 3 rings (SSSR count). The Morgan fingerprint density at radius 3 is 2.87 bits per heavy atom. The summed E-state index contributed by atoms with van der Waals surface area (Å²) in [5.74, 6) is 1.81. The van der Waals surface area contributed by atoms with Gasteiger partial charge in [-0.25, -0.2) is 0 Å². The Kier molecular flexibility index (Phi) is 2.65. The molecule has 1 saturated heterocycles. The molecule has 1 aliphatic heterocycles. The largest absolute Gasteiger partial charge is 0.347 e. The minimum Gasteiger partial charge on any atom is -0.347 e. The molecule has 0 bridgehead atoms. The third kappa shape index (κ3) is 1.51. The number of ether oxygens (including phenoxy) is 2. The third-order valence-electron chi connectivity index (χ3n) is 4.19. The molecule has 0 unspecified atom stereocenters. The van der Waals surface area contributed by atoms with Gasteiger partial charge in [0.15, 0.2) is 5.79 Å². The highest BCUT2D eigenvalue weighted by Crippen LogP contribution is 2.52. The first kappa shape index (κ1) is 10.3. The minimum atomic E-state index is -0.212. The van der Waals surface area contributed by atoms with Gasteiger partial charge in [0.05, 0.1) is 13.2 Å². The molecular formula is C12H17BrO2. The second kappa shape index (κ2) is 3.86. The molecule has 0 N–H and O–H groups in total. The molecule has 0 aromatic rings. The van der Waals surface area contributed by atoms with Gasteiger partial charge in [-0.15, -0.1) is 0 Å². The molecule has 3 atom stereocenters. The summed E-state index contributed by atoms with van der Waals surface area (Å²) in [4.78, 5) is 0. The predicted molar refractivity (Wildman–Crippen MR) is 61.9 cm³/mol. The van der Waals surface area contributed by atoms with Gasteiger partial charge >= 0.3 is 0 Å². The van der Waals surface area contributed by atoms with Crippen LogP contribution in [-0.4, -0.2) is 24.3 Å². The summed E-state index contributed by atoms with van der Waals surface area (Å²) in [6.45, 7) is 1.57. The van der Waals surface area contributed by atoms with Crippen LogP contribution in [0.2, 0.25) is 0 Å². The van der Waals surface area contributed by atoms with Crippen LogP contribution in [0.3, 0.4) is 0 Å². The molecule has 0 radical (unpaired) electrons. The molecule has 0 amide bonds. The Balaban J connectivity index is 1.85. The molecule has 2 nitrogen and oxygen atoms in total. The Bertz CT molecular complexity index is 271. The van der Waals surface area contributed by atoms with Crippen molar-refractivity contribution in [3.63, 3.8) is 0 Å². The molecule has 15 heavy (non-hydrogen) atoms. The lowest BCUT2D eigenvalue weighted by Crippen LogP contribution is -2.39. The van der Waals surface area contributed by atoms with Gasteiger partial charge < -0.3 is 9.47 Å². The molecule has 2 fully saturated rings. The summed E-state index contributed by atoms with van der Waals surface area (Å²) in [5, 5.41) is 1.07. The predicted octanol–water partition coefficient (Wildman–Crippen LogP) is 2.73. The lowest BCUT2D eigenvalue weighted by Gasteiger charge is -2.35. The SMILES string of the molecule is BrC[C@@H]1C=CC[C@@H]2[C@H]1CCC21OCCO1. The van der Waals surface area contributed by atoms with Crippen molar-refractivity contribution in [2.75, 3.05) is 18.5 Å². The van der Waals surface area contributed by atoms with Crippen molar-refractivity contribution in [2.45, 2.75) is 25.0 Å². The normalized spacial score (nSPS) is 42.3. The average Bonchev–Trinajstić information content (AvgIpc) is 2.89. The van der Waals surface area contributed by atoms with Crippen molar-refractivity contribution in [3.8, 4) is 0 Å². The van der Waals surface area contributed by atoms with Crippen LogP contribution in [0.25, 0.3) is 0 Å². The zero-order valence-electron chi connectivity index (χ0n) is 8.82. The summed E-state index contributed by atoms with van der Waals surface area (Å²) in [5.41, 5.74) is 0. The van der Waals surface area contributed by atoms with E-state index in [9.17, 15) is 0 Å². The Morgan fingerprint density at radius 1 is 1.33 bits per heavy atom. The highest BCUT2D eigenvalue weighted by Gasteiger charge is 2.54. The van der Waals surface area contributed by atoms with E-state index in [1.165, 1.54) is 6.42 Å². The van der Waals surface area contributed by atoms with E-state index in [0.717, 1.165) is 37.3 Å². The minimum absolute atomic E-state index is 0.212. The summed E-state index contributed by atoms with van der Waals surface area (Å²) in [7, 11) is 0. The van der Waals surface area contributed by atoms with E-state index in [1.807, 2.05) is 0 Å². The molecule has 0 aromatic carbocycles. The van der Waals surface area contributed by atoms with Crippen molar-refractivity contribution >= 4 is 15.9 Å². The molecule has 2 aliphatic carbocycles. The second-order valence-electron chi connectivity index (χ2n) is 4.80. The van der Waals surface area contributed by atoms with E-state index >= 15 is 0 Å². The molecule has 3 aliphatic rings. The van der Waals surface area contributed by atoms with Crippen LogP contribution in [0.4, 0.5) is 0 Å². The first-order valence-corrected chi connectivity index (χ1v) is 6.98. The van der Waals surface area contributed by atoms with Crippen LogP contribution >= 0.6 is 15.9 Å². The molecule has 1 heterocycles. The van der Waals surface area contributed by atoms with Crippen molar-refractivity contribution in [1.29, 1.82) is 0 Å². The number of fused-ring (bicyclic) bond motifs is 2. The van der Waals surface area contributed by atoms with E-state index in [0.29, 0.717) is 11.8 Å². The lowest BCUT2D eigenvalue weighted by atomic mass is 9.77. The van der Waals surface area contributed by atoms with E-state index in [4.69, 9.17) is 9.47 Å². The van der Waals surface area contributed by atoms with Crippen LogP contribution in [0, 0.1) is 17.8 Å².